The van der Waals surface area contributed by atoms with Crippen LogP contribution in [0.5, 0.6) is 0 Å². The lowest BCUT2D eigenvalue weighted by Gasteiger charge is -2.24. The molecule has 0 aliphatic heterocycles. The summed E-state index contributed by atoms with van der Waals surface area (Å²) in [4.78, 5) is 11.0. The number of ether oxygens (including phenoxy) is 1. The molecule has 0 aromatic heterocycles. The summed E-state index contributed by atoms with van der Waals surface area (Å²) in [5.41, 5.74) is 0. The van der Waals surface area contributed by atoms with E-state index in [4.69, 9.17) is 9.26 Å². The Kier molecular flexibility index (Phi) is 12.0. The molecule has 19 heavy (non-hydrogen) atoms. The van der Waals surface area contributed by atoms with Crippen molar-refractivity contribution in [3.05, 3.63) is 0 Å². The Labute approximate surface area is 118 Å². The Hall–Kier alpha value is 0.110. The van der Waals surface area contributed by atoms with Crippen molar-refractivity contribution in [1.82, 2.24) is 0 Å². The Balaban J connectivity index is 3.39. The van der Waals surface area contributed by atoms with Gasteiger partial charge in [0.15, 0.2) is 6.29 Å². The maximum absolute atomic E-state index is 11.0. The molecule has 5 heteroatoms. The van der Waals surface area contributed by atoms with Crippen LogP contribution in [0.1, 0.15) is 71.1 Å². The molecule has 0 N–H and O–H groups in total. The molecule has 0 aliphatic carbocycles. The van der Waals surface area contributed by atoms with Crippen LogP contribution < -0.4 is 4.89 Å². The van der Waals surface area contributed by atoms with Crippen LogP contribution in [-0.4, -0.2) is 20.1 Å². The highest BCUT2D eigenvalue weighted by atomic mass is 31.2. The Morgan fingerprint density at radius 1 is 1.00 bits per heavy atom. The summed E-state index contributed by atoms with van der Waals surface area (Å²) in [6.07, 6.45) is 11.2. The molecule has 2 unspecified atom stereocenters. The van der Waals surface area contributed by atoms with Crippen molar-refractivity contribution < 1.29 is 18.7 Å². The van der Waals surface area contributed by atoms with E-state index in [1.54, 1.807) is 0 Å². The first kappa shape index (κ1) is 19.1. The second-order valence-electron chi connectivity index (χ2n) is 5.16. The minimum Gasteiger partial charge on any atom is -0.779 e. The monoisotopic (exact) mass is 293 g/mol. The van der Waals surface area contributed by atoms with Crippen LogP contribution in [0.15, 0.2) is 0 Å². The van der Waals surface area contributed by atoms with E-state index in [-0.39, 0.29) is 0 Å². The molecule has 0 rings (SSSR count). The van der Waals surface area contributed by atoms with Crippen molar-refractivity contribution in [1.29, 1.82) is 0 Å². The number of unbranched alkanes of at least 4 members (excludes halogenated alkanes) is 8. The lowest BCUT2D eigenvalue weighted by molar-refractivity contribution is -0.215. The molecule has 0 saturated carbocycles. The minimum absolute atomic E-state index is 0.613. The van der Waals surface area contributed by atoms with E-state index in [1.807, 2.05) is 0 Å². The first-order valence-corrected chi connectivity index (χ1v) is 9.48. The Bertz CT molecular complexity index is 240. The van der Waals surface area contributed by atoms with Crippen LogP contribution in [0.4, 0.5) is 0 Å². The molecule has 4 nitrogen and oxygen atoms in total. The minimum atomic E-state index is -3.69. The Morgan fingerprint density at radius 2 is 1.47 bits per heavy atom. The first-order chi connectivity index (χ1) is 8.99. The summed E-state index contributed by atoms with van der Waals surface area (Å²) in [6.45, 7) is 3.31. The highest BCUT2D eigenvalue weighted by Crippen LogP contribution is 2.34. The smallest absolute Gasteiger partial charge is 0.163 e. The Morgan fingerprint density at radius 3 is 1.89 bits per heavy atom. The molecule has 0 heterocycles. The van der Waals surface area contributed by atoms with E-state index >= 15 is 0 Å². The summed E-state index contributed by atoms with van der Waals surface area (Å²) in [5, 5.41) is 0. The second-order valence-corrected chi connectivity index (χ2v) is 6.91. The van der Waals surface area contributed by atoms with Crippen LogP contribution >= 0.6 is 7.60 Å². The van der Waals surface area contributed by atoms with Gasteiger partial charge in [-0.1, -0.05) is 58.3 Å². The highest BCUT2D eigenvalue weighted by molar-refractivity contribution is 7.50. The molecular formula is C14H30O4P-. The van der Waals surface area contributed by atoms with Crippen LogP contribution in [0.3, 0.4) is 0 Å². The summed E-state index contributed by atoms with van der Waals surface area (Å²) in [7, 11) is -2.21. The quantitative estimate of drug-likeness (QED) is 0.292. The summed E-state index contributed by atoms with van der Waals surface area (Å²) in [5.74, 6) is 0. The van der Waals surface area contributed by atoms with E-state index in [0.717, 1.165) is 19.5 Å². The molecule has 116 valence electrons. The van der Waals surface area contributed by atoms with Gasteiger partial charge in [-0.25, -0.2) is 0 Å². The molecule has 0 aromatic rings. The topological polar surface area (TPSA) is 58.6 Å². The van der Waals surface area contributed by atoms with Gasteiger partial charge in [-0.3, -0.25) is 0 Å². The van der Waals surface area contributed by atoms with E-state index in [1.165, 1.54) is 52.1 Å². The lowest BCUT2D eigenvalue weighted by Crippen LogP contribution is -2.17. The molecule has 0 saturated heterocycles. The fourth-order valence-corrected chi connectivity index (χ4v) is 2.67. The van der Waals surface area contributed by atoms with Gasteiger partial charge in [0.1, 0.15) is 7.60 Å². The van der Waals surface area contributed by atoms with Gasteiger partial charge in [0, 0.05) is 13.8 Å². The number of rotatable bonds is 13. The fraction of sp³-hybridized carbons (Fsp3) is 1.00. The summed E-state index contributed by atoms with van der Waals surface area (Å²) >= 11 is 0. The largest absolute Gasteiger partial charge is 0.779 e. The van der Waals surface area contributed by atoms with Crippen molar-refractivity contribution in [3.8, 4) is 0 Å². The average Bonchev–Trinajstić information content (AvgIpc) is 2.34. The van der Waals surface area contributed by atoms with Crippen LogP contribution in [-0.2, 0) is 13.8 Å². The van der Waals surface area contributed by atoms with Crippen LogP contribution in [0.25, 0.3) is 0 Å². The first-order valence-electron chi connectivity index (χ1n) is 7.49. The van der Waals surface area contributed by atoms with E-state index in [0.29, 0.717) is 6.42 Å². The molecular weight excluding hydrogens is 263 g/mol. The molecule has 0 aliphatic rings. The SMILES string of the molecule is CCCCCCCCCCCC(OC)OP(C)(=O)[O-]. The lowest BCUT2D eigenvalue weighted by atomic mass is 10.1. The third kappa shape index (κ3) is 14.3. The predicted octanol–water partition coefficient (Wildman–Crippen LogP) is 4.08. The van der Waals surface area contributed by atoms with Gasteiger partial charge in [0.2, 0.25) is 0 Å². The van der Waals surface area contributed by atoms with E-state index in [9.17, 15) is 9.46 Å². The maximum atomic E-state index is 11.0. The molecule has 0 radical (unpaired) electrons. The molecule has 2 atom stereocenters. The van der Waals surface area contributed by atoms with Crippen molar-refractivity contribution >= 4 is 7.60 Å². The van der Waals surface area contributed by atoms with Gasteiger partial charge in [0.25, 0.3) is 0 Å². The van der Waals surface area contributed by atoms with Crippen molar-refractivity contribution in [2.45, 2.75) is 77.4 Å². The maximum Gasteiger partial charge on any atom is 0.163 e. The summed E-state index contributed by atoms with van der Waals surface area (Å²) < 4.78 is 20.8. The third-order valence-electron chi connectivity index (χ3n) is 3.12. The van der Waals surface area contributed by atoms with Gasteiger partial charge in [-0.15, -0.1) is 0 Å². The van der Waals surface area contributed by atoms with Gasteiger partial charge in [0.05, 0.1) is 0 Å². The van der Waals surface area contributed by atoms with Crippen molar-refractivity contribution in [3.63, 3.8) is 0 Å². The van der Waals surface area contributed by atoms with Gasteiger partial charge in [-0.05, 0) is 12.8 Å². The van der Waals surface area contributed by atoms with Gasteiger partial charge >= 0.3 is 0 Å². The molecule has 0 bridgehead atoms. The van der Waals surface area contributed by atoms with Gasteiger partial charge < -0.3 is 18.7 Å². The van der Waals surface area contributed by atoms with Crippen LogP contribution in [0, 0.1) is 0 Å². The summed E-state index contributed by atoms with van der Waals surface area (Å²) in [6, 6.07) is 0. The zero-order valence-corrected chi connectivity index (χ0v) is 13.6. The molecule has 0 fully saturated rings. The molecule has 0 amide bonds. The molecule has 0 spiro atoms. The normalized spacial score (nSPS) is 16.2. The second kappa shape index (κ2) is 11.9. The predicted molar refractivity (Wildman–Crippen MR) is 77.3 cm³/mol. The zero-order valence-electron chi connectivity index (χ0n) is 12.7. The number of hydrogen-bond acceptors (Lipinski definition) is 4. The molecule has 0 aromatic carbocycles. The highest BCUT2D eigenvalue weighted by Gasteiger charge is 2.11. The zero-order chi connectivity index (χ0) is 14.6. The third-order valence-corrected chi connectivity index (χ3v) is 3.73. The number of methoxy groups -OCH3 is 1. The fourth-order valence-electron chi connectivity index (χ4n) is 2.05. The van der Waals surface area contributed by atoms with Crippen molar-refractivity contribution in [2.24, 2.45) is 0 Å². The average molecular weight is 293 g/mol. The standard InChI is InChI=1S/C14H31O4P/c1-4-5-6-7-8-9-10-11-12-13-14(17-2)18-19(3,15)16/h14H,4-13H2,1-3H3,(H,15,16)/p-1. The van der Waals surface area contributed by atoms with Gasteiger partial charge in [-0.2, -0.15) is 0 Å². The van der Waals surface area contributed by atoms with E-state index in [2.05, 4.69) is 6.92 Å². The van der Waals surface area contributed by atoms with Crippen molar-refractivity contribution in [2.75, 3.05) is 13.8 Å². The van der Waals surface area contributed by atoms with Crippen LogP contribution in [0.2, 0.25) is 0 Å². The van der Waals surface area contributed by atoms with E-state index < -0.39 is 13.9 Å². The number of hydrogen-bond donors (Lipinski definition) is 0.